The van der Waals surface area contributed by atoms with E-state index in [4.69, 9.17) is 11.6 Å². The van der Waals surface area contributed by atoms with Gasteiger partial charge in [-0.1, -0.05) is 48.0 Å². The number of hydrogen-bond donors (Lipinski definition) is 1. The largest absolute Gasteiger partial charge is 0.317 e. The number of aromatic nitrogens is 2. The number of pyridine rings is 2. The molecule has 1 amide bonds. The Labute approximate surface area is 178 Å². The fourth-order valence-electron chi connectivity index (χ4n) is 3.20. The van der Waals surface area contributed by atoms with Crippen LogP contribution in [0.25, 0.3) is 16.8 Å². The van der Waals surface area contributed by atoms with E-state index in [1.807, 2.05) is 36.4 Å². The number of halogens is 1. The molecule has 0 fully saturated rings. The monoisotopic (exact) mass is 415 g/mol. The molecule has 0 saturated carbocycles. The van der Waals surface area contributed by atoms with E-state index in [0.29, 0.717) is 16.4 Å². The number of amides is 1. The van der Waals surface area contributed by atoms with Crippen LogP contribution in [0.3, 0.4) is 0 Å². The van der Waals surface area contributed by atoms with E-state index in [1.165, 1.54) is 22.4 Å². The third kappa shape index (κ3) is 4.02. The molecule has 4 aromatic rings. The summed E-state index contributed by atoms with van der Waals surface area (Å²) < 4.78 is 1.50. The zero-order chi connectivity index (χ0) is 21.1. The Morgan fingerprint density at radius 3 is 2.43 bits per heavy atom. The lowest BCUT2D eigenvalue weighted by atomic mass is 10.0. The van der Waals surface area contributed by atoms with E-state index in [9.17, 15) is 9.59 Å². The van der Waals surface area contributed by atoms with Gasteiger partial charge in [0.25, 0.3) is 11.5 Å². The summed E-state index contributed by atoms with van der Waals surface area (Å²) in [5.74, 6) is -0.427. The second kappa shape index (κ2) is 8.35. The number of nitrogens with zero attached hydrogens (tertiary/aromatic N) is 2. The zero-order valence-electron chi connectivity index (χ0n) is 16.2. The smallest absolute Gasteiger partial charge is 0.278 e. The summed E-state index contributed by atoms with van der Waals surface area (Å²) in [4.78, 5) is 29.2. The Morgan fingerprint density at radius 1 is 0.967 bits per heavy atom. The van der Waals surface area contributed by atoms with Crippen molar-refractivity contribution in [3.05, 3.63) is 112 Å². The molecule has 30 heavy (non-hydrogen) atoms. The summed E-state index contributed by atoms with van der Waals surface area (Å²) in [6, 6.07) is 22.2. The number of anilines is 1. The Balaban J connectivity index is 1.61. The number of nitrogens with one attached hydrogen (secondary N) is 1. The molecule has 0 aliphatic heterocycles. The minimum absolute atomic E-state index is 0.181. The number of benzene rings is 2. The first kappa shape index (κ1) is 19.6. The molecule has 0 aliphatic carbocycles. The Kier molecular flexibility index (Phi) is 5.46. The van der Waals surface area contributed by atoms with Gasteiger partial charge in [-0.15, -0.1) is 0 Å². The van der Waals surface area contributed by atoms with Crippen LogP contribution in [0.5, 0.6) is 0 Å². The molecule has 0 spiro atoms. The van der Waals surface area contributed by atoms with Crippen molar-refractivity contribution in [1.29, 1.82) is 0 Å². The first-order valence-corrected chi connectivity index (χ1v) is 9.72. The molecule has 0 bridgehead atoms. The molecule has 0 aliphatic rings. The molecule has 4 rings (SSSR count). The van der Waals surface area contributed by atoms with Crippen molar-refractivity contribution in [3.63, 3.8) is 0 Å². The molecule has 2 aromatic heterocycles. The van der Waals surface area contributed by atoms with Crippen molar-refractivity contribution in [1.82, 2.24) is 9.55 Å². The standard InChI is InChI=1S/C24H18ClN3O2/c1-16-5-2-3-6-20(16)17-8-11-19(12-9-17)28-14-4-7-21(24(28)30)27-23(29)18-10-13-22(25)26-15-18/h2-15H,1H3,(H,27,29). The highest BCUT2D eigenvalue weighted by Gasteiger charge is 2.11. The lowest BCUT2D eigenvalue weighted by Gasteiger charge is -2.11. The van der Waals surface area contributed by atoms with Gasteiger partial charge in [-0.05, 0) is 60.0 Å². The van der Waals surface area contributed by atoms with E-state index in [-0.39, 0.29) is 11.2 Å². The van der Waals surface area contributed by atoms with Crippen molar-refractivity contribution in [2.24, 2.45) is 0 Å². The van der Waals surface area contributed by atoms with Gasteiger partial charge in [0.05, 0.1) is 5.56 Å². The summed E-state index contributed by atoms with van der Waals surface area (Å²) in [6.45, 7) is 2.07. The second-order valence-corrected chi connectivity index (χ2v) is 7.17. The van der Waals surface area contributed by atoms with Crippen LogP contribution < -0.4 is 10.9 Å². The maximum atomic E-state index is 12.9. The van der Waals surface area contributed by atoms with Crippen LogP contribution in [-0.4, -0.2) is 15.5 Å². The minimum Gasteiger partial charge on any atom is -0.317 e. The van der Waals surface area contributed by atoms with Crippen LogP contribution in [0, 0.1) is 6.92 Å². The van der Waals surface area contributed by atoms with Crippen LogP contribution in [0.15, 0.2) is 90.0 Å². The predicted molar refractivity (Wildman–Crippen MR) is 119 cm³/mol. The highest BCUT2D eigenvalue weighted by atomic mass is 35.5. The molecule has 5 nitrogen and oxygen atoms in total. The van der Waals surface area contributed by atoms with E-state index in [1.54, 1.807) is 24.4 Å². The van der Waals surface area contributed by atoms with Gasteiger partial charge in [0, 0.05) is 18.1 Å². The van der Waals surface area contributed by atoms with Crippen LogP contribution in [0.1, 0.15) is 15.9 Å². The Hall–Kier alpha value is -3.70. The number of carbonyl (C=O) groups excluding carboxylic acids is 1. The normalized spacial score (nSPS) is 10.6. The molecule has 0 unspecified atom stereocenters. The first-order chi connectivity index (χ1) is 14.5. The highest BCUT2D eigenvalue weighted by molar-refractivity contribution is 6.29. The van der Waals surface area contributed by atoms with E-state index in [2.05, 4.69) is 29.4 Å². The molecular weight excluding hydrogens is 398 g/mol. The van der Waals surface area contributed by atoms with Crippen molar-refractivity contribution < 1.29 is 4.79 Å². The fraction of sp³-hybridized carbons (Fsp3) is 0.0417. The molecule has 0 radical (unpaired) electrons. The predicted octanol–water partition coefficient (Wildman–Crippen LogP) is 5.11. The average molecular weight is 416 g/mol. The van der Waals surface area contributed by atoms with Gasteiger partial charge in [-0.3, -0.25) is 14.2 Å². The zero-order valence-corrected chi connectivity index (χ0v) is 16.9. The lowest BCUT2D eigenvalue weighted by Crippen LogP contribution is -2.24. The van der Waals surface area contributed by atoms with Crippen molar-refractivity contribution in [2.75, 3.05) is 5.32 Å². The van der Waals surface area contributed by atoms with Crippen LogP contribution in [0.4, 0.5) is 5.69 Å². The van der Waals surface area contributed by atoms with Gasteiger partial charge in [-0.25, -0.2) is 4.98 Å². The van der Waals surface area contributed by atoms with Gasteiger partial charge in [0.2, 0.25) is 0 Å². The van der Waals surface area contributed by atoms with Crippen molar-refractivity contribution in [3.8, 4) is 16.8 Å². The fourth-order valence-corrected chi connectivity index (χ4v) is 3.31. The number of hydrogen-bond acceptors (Lipinski definition) is 3. The van der Waals surface area contributed by atoms with Gasteiger partial charge in [0.1, 0.15) is 10.8 Å². The van der Waals surface area contributed by atoms with Gasteiger partial charge in [-0.2, -0.15) is 0 Å². The number of carbonyl (C=O) groups is 1. The molecule has 2 heterocycles. The molecular formula is C24H18ClN3O2. The van der Waals surface area contributed by atoms with Crippen LogP contribution >= 0.6 is 11.6 Å². The quantitative estimate of drug-likeness (QED) is 0.471. The van der Waals surface area contributed by atoms with E-state index < -0.39 is 5.91 Å². The van der Waals surface area contributed by atoms with Gasteiger partial charge < -0.3 is 5.32 Å². The molecule has 0 saturated heterocycles. The van der Waals surface area contributed by atoms with Gasteiger partial charge in [0.15, 0.2) is 0 Å². The highest BCUT2D eigenvalue weighted by Crippen LogP contribution is 2.24. The van der Waals surface area contributed by atoms with Crippen LogP contribution in [-0.2, 0) is 0 Å². The summed E-state index contributed by atoms with van der Waals surface area (Å²) in [6.07, 6.45) is 3.04. The third-order valence-electron chi connectivity index (χ3n) is 4.79. The molecule has 0 atom stereocenters. The lowest BCUT2D eigenvalue weighted by molar-refractivity contribution is 0.102. The summed E-state index contributed by atoms with van der Waals surface area (Å²) in [7, 11) is 0. The number of rotatable bonds is 4. The summed E-state index contributed by atoms with van der Waals surface area (Å²) in [5, 5.41) is 2.94. The molecule has 2 aromatic carbocycles. The topological polar surface area (TPSA) is 64.0 Å². The second-order valence-electron chi connectivity index (χ2n) is 6.78. The minimum atomic E-state index is -0.427. The van der Waals surface area contributed by atoms with Crippen LogP contribution in [0.2, 0.25) is 5.15 Å². The van der Waals surface area contributed by atoms with Crippen molar-refractivity contribution in [2.45, 2.75) is 6.92 Å². The molecule has 6 heteroatoms. The SMILES string of the molecule is Cc1ccccc1-c1ccc(-n2cccc(NC(=O)c3ccc(Cl)nc3)c2=O)cc1. The number of aryl methyl sites for hydroxylation is 1. The third-order valence-corrected chi connectivity index (χ3v) is 5.01. The van der Waals surface area contributed by atoms with Gasteiger partial charge >= 0.3 is 0 Å². The van der Waals surface area contributed by atoms with E-state index >= 15 is 0 Å². The average Bonchev–Trinajstić information content (AvgIpc) is 2.76. The summed E-state index contributed by atoms with van der Waals surface area (Å²) in [5.41, 5.74) is 4.29. The first-order valence-electron chi connectivity index (χ1n) is 9.34. The van der Waals surface area contributed by atoms with E-state index in [0.717, 1.165) is 11.1 Å². The molecule has 1 N–H and O–H groups in total. The Morgan fingerprint density at radius 2 is 1.73 bits per heavy atom. The van der Waals surface area contributed by atoms with Crippen molar-refractivity contribution >= 4 is 23.2 Å². The molecule has 148 valence electrons. The Bertz CT molecular complexity index is 1260. The maximum Gasteiger partial charge on any atom is 0.278 e. The maximum absolute atomic E-state index is 12.9. The summed E-state index contributed by atoms with van der Waals surface area (Å²) >= 11 is 5.75.